The van der Waals surface area contributed by atoms with Crippen molar-refractivity contribution >= 4 is 5.91 Å². The SMILES string of the molecule is COc1ccccc1[C@H]1[C@@H]2CCCC[C@]2(O)CCN1CC(=O)NCc1ccco1. The molecule has 2 aromatic rings. The van der Waals surface area contributed by atoms with Gasteiger partial charge in [-0.05, 0) is 37.5 Å². The Morgan fingerprint density at radius 1 is 1.28 bits per heavy atom. The van der Waals surface area contributed by atoms with Crippen LogP contribution in [0.2, 0.25) is 0 Å². The van der Waals surface area contributed by atoms with E-state index in [1.54, 1.807) is 13.4 Å². The number of ether oxygens (including phenoxy) is 1. The van der Waals surface area contributed by atoms with Gasteiger partial charge in [-0.15, -0.1) is 0 Å². The van der Waals surface area contributed by atoms with E-state index in [4.69, 9.17) is 9.15 Å². The minimum atomic E-state index is -0.662. The number of fused-ring (bicyclic) bond motifs is 1. The van der Waals surface area contributed by atoms with Crippen LogP contribution in [-0.2, 0) is 11.3 Å². The second-order valence-electron chi connectivity index (χ2n) is 8.22. The van der Waals surface area contributed by atoms with Gasteiger partial charge in [0.25, 0.3) is 0 Å². The molecule has 6 nitrogen and oxygen atoms in total. The van der Waals surface area contributed by atoms with Gasteiger partial charge in [0.15, 0.2) is 0 Å². The molecule has 3 atom stereocenters. The molecule has 29 heavy (non-hydrogen) atoms. The Hall–Kier alpha value is -2.31. The second kappa shape index (κ2) is 8.59. The number of amides is 1. The zero-order chi connectivity index (χ0) is 20.3. The van der Waals surface area contributed by atoms with Crippen LogP contribution in [0.25, 0.3) is 0 Å². The number of methoxy groups -OCH3 is 1. The summed E-state index contributed by atoms with van der Waals surface area (Å²) in [5.74, 6) is 1.61. The molecule has 1 saturated carbocycles. The molecular weight excluding hydrogens is 368 g/mol. The first-order chi connectivity index (χ1) is 14.1. The number of likely N-dealkylation sites (tertiary alicyclic amines) is 1. The summed E-state index contributed by atoms with van der Waals surface area (Å²) in [6.45, 7) is 1.35. The molecule has 1 saturated heterocycles. The molecular formula is C23H30N2O4. The number of nitrogens with zero attached hydrogens (tertiary/aromatic N) is 1. The predicted octanol–water partition coefficient (Wildman–Crippen LogP) is 3.27. The molecule has 0 unspecified atom stereocenters. The number of nitrogens with one attached hydrogen (secondary N) is 1. The Morgan fingerprint density at radius 2 is 2.14 bits per heavy atom. The lowest BCUT2D eigenvalue weighted by atomic mass is 9.66. The van der Waals surface area contributed by atoms with E-state index in [0.29, 0.717) is 19.5 Å². The second-order valence-corrected chi connectivity index (χ2v) is 8.22. The van der Waals surface area contributed by atoms with Gasteiger partial charge in [0.05, 0.1) is 32.1 Å². The standard InChI is InChI=1S/C23H30N2O4/c1-28-20-10-3-2-8-18(20)22-19-9-4-5-11-23(19,27)12-13-25(22)16-21(26)24-15-17-7-6-14-29-17/h2-3,6-8,10,14,19,22,27H,4-5,9,11-13,15-16H2,1H3,(H,24,26)/t19-,22-,23-/m0/s1. The minimum absolute atomic E-state index is 0.0393. The molecule has 0 radical (unpaired) electrons. The van der Waals surface area contributed by atoms with Crippen molar-refractivity contribution in [2.75, 3.05) is 20.2 Å². The normalized spacial score (nSPS) is 27.2. The van der Waals surface area contributed by atoms with Gasteiger partial charge in [0.1, 0.15) is 11.5 Å². The van der Waals surface area contributed by atoms with Crippen LogP contribution in [0.1, 0.15) is 49.5 Å². The maximum atomic E-state index is 12.7. The number of piperidine rings is 1. The maximum absolute atomic E-state index is 12.7. The van der Waals surface area contributed by atoms with Crippen molar-refractivity contribution in [3.8, 4) is 5.75 Å². The van der Waals surface area contributed by atoms with E-state index in [9.17, 15) is 9.90 Å². The Balaban J connectivity index is 1.56. The molecule has 2 heterocycles. The van der Waals surface area contributed by atoms with Gasteiger partial charge in [-0.2, -0.15) is 0 Å². The van der Waals surface area contributed by atoms with Gasteiger partial charge in [-0.25, -0.2) is 0 Å². The summed E-state index contributed by atoms with van der Waals surface area (Å²) in [4.78, 5) is 14.9. The van der Waals surface area contributed by atoms with Crippen molar-refractivity contribution in [3.63, 3.8) is 0 Å². The van der Waals surface area contributed by atoms with Crippen molar-refractivity contribution < 1.29 is 19.1 Å². The summed E-state index contributed by atoms with van der Waals surface area (Å²) in [5, 5.41) is 14.3. The summed E-state index contributed by atoms with van der Waals surface area (Å²) in [6, 6.07) is 11.6. The van der Waals surface area contributed by atoms with Crippen LogP contribution in [0.4, 0.5) is 0 Å². The van der Waals surface area contributed by atoms with Crippen molar-refractivity contribution in [2.24, 2.45) is 5.92 Å². The Morgan fingerprint density at radius 3 is 2.93 bits per heavy atom. The zero-order valence-corrected chi connectivity index (χ0v) is 17.0. The fourth-order valence-electron chi connectivity index (χ4n) is 5.08. The highest BCUT2D eigenvalue weighted by Gasteiger charge is 2.49. The third-order valence-corrected chi connectivity index (χ3v) is 6.52. The van der Waals surface area contributed by atoms with E-state index in [2.05, 4.69) is 16.3 Å². The third kappa shape index (κ3) is 4.19. The highest BCUT2D eigenvalue weighted by molar-refractivity contribution is 5.78. The van der Waals surface area contributed by atoms with Crippen molar-refractivity contribution in [1.29, 1.82) is 0 Å². The first kappa shape index (κ1) is 20.0. The molecule has 0 spiro atoms. The summed E-state index contributed by atoms with van der Waals surface area (Å²) in [7, 11) is 1.68. The molecule has 2 N–H and O–H groups in total. The van der Waals surface area contributed by atoms with E-state index >= 15 is 0 Å². The first-order valence-electron chi connectivity index (χ1n) is 10.5. The Labute approximate surface area is 171 Å². The molecule has 1 aromatic carbocycles. The number of hydrogen-bond acceptors (Lipinski definition) is 5. The molecule has 2 aliphatic rings. The van der Waals surface area contributed by atoms with E-state index in [1.165, 1.54) is 0 Å². The van der Waals surface area contributed by atoms with E-state index in [0.717, 1.165) is 42.8 Å². The average Bonchev–Trinajstić information content (AvgIpc) is 3.26. The first-order valence-corrected chi connectivity index (χ1v) is 10.5. The monoisotopic (exact) mass is 398 g/mol. The van der Waals surface area contributed by atoms with Gasteiger partial charge in [-0.1, -0.05) is 31.0 Å². The van der Waals surface area contributed by atoms with E-state index in [-0.39, 0.29) is 24.4 Å². The quantitative estimate of drug-likeness (QED) is 0.781. The summed E-state index contributed by atoms with van der Waals surface area (Å²) < 4.78 is 10.9. The van der Waals surface area contributed by atoms with Crippen molar-refractivity contribution in [3.05, 3.63) is 54.0 Å². The molecule has 156 valence electrons. The average molecular weight is 399 g/mol. The van der Waals surface area contributed by atoms with Gasteiger partial charge in [-0.3, -0.25) is 9.69 Å². The van der Waals surface area contributed by atoms with Crippen LogP contribution < -0.4 is 10.1 Å². The molecule has 4 rings (SSSR count). The number of carbonyl (C=O) groups is 1. The maximum Gasteiger partial charge on any atom is 0.234 e. The van der Waals surface area contributed by atoms with Crippen LogP contribution in [0.15, 0.2) is 47.1 Å². The number of hydrogen-bond donors (Lipinski definition) is 2. The van der Waals surface area contributed by atoms with Gasteiger partial charge < -0.3 is 19.6 Å². The summed E-state index contributed by atoms with van der Waals surface area (Å²) >= 11 is 0. The number of benzene rings is 1. The highest BCUT2D eigenvalue weighted by Crippen LogP contribution is 2.50. The number of aliphatic hydroxyl groups is 1. The van der Waals surface area contributed by atoms with E-state index in [1.807, 2.05) is 30.3 Å². The molecule has 1 aliphatic heterocycles. The smallest absolute Gasteiger partial charge is 0.234 e. The highest BCUT2D eigenvalue weighted by atomic mass is 16.5. The zero-order valence-electron chi connectivity index (χ0n) is 17.0. The lowest BCUT2D eigenvalue weighted by molar-refractivity contribution is -0.138. The predicted molar refractivity (Wildman–Crippen MR) is 109 cm³/mol. The molecule has 1 aromatic heterocycles. The molecule has 6 heteroatoms. The van der Waals surface area contributed by atoms with Crippen molar-refractivity contribution in [1.82, 2.24) is 10.2 Å². The summed E-state index contributed by atoms with van der Waals surface area (Å²) in [6.07, 6.45) is 6.28. The fourth-order valence-corrected chi connectivity index (χ4v) is 5.08. The van der Waals surface area contributed by atoms with Crippen LogP contribution in [0, 0.1) is 5.92 Å². The third-order valence-electron chi connectivity index (χ3n) is 6.52. The van der Waals surface area contributed by atoms with Crippen molar-refractivity contribution in [2.45, 2.75) is 50.3 Å². The Bertz CT molecular complexity index is 822. The van der Waals surface area contributed by atoms with Crippen LogP contribution in [0.3, 0.4) is 0 Å². The lowest BCUT2D eigenvalue weighted by Crippen LogP contribution is -2.56. The van der Waals surface area contributed by atoms with Crippen LogP contribution >= 0.6 is 0 Å². The number of rotatable bonds is 6. The number of furan rings is 1. The minimum Gasteiger partial charge on any atom is -0.496 e. The van der Waals surface area contributed by atoms with E-state index < -0.39 is 5.60 Å². The largest absolute Gasteiger partial charge is 0.496 e. The lowest BCUT2D eigenvalue weighted by Gasteiger charge is -2.52. The molecule has 2 fully saturated rings. The van der Waals surface area contributed by atoms with Crippen LogP contribution in [0.5, 0.6) is 5.75 Å². The molecule has 1 aliphatic carbocycles. The molecule has 1 amide bonds. The number of carbonyl (C=O) groups excluding carboxylic acids is 1. The number of para-hydroxylation sites is 1. The molecule has 0 bridgehead atoms. The topological polar surface area (TPSA) is 74.9 Å². The van der Waals surface area contributed by atoms with Gasteiger partial charge in [0.2, 0.25) is 5.91 Å². The fraction of sp³-hybridized carbons (Fsp3) is 0.522. The van der Waals surface area contributed by atoms with Gasteiger partial charge >= 0.3 is 0 Å². The van der Waals surface area contributed by atoms with Crippen LogP contribution in [-0.4, -0.2) is 41.7 Å². The van der Waals surface area contributed by atoms with Gasteiger partial charge in [0, 0.05) is 24.1 Å². The Kier molecular flexibility index (Phi) is 5.92. The summed E-state index contributed by atoms with van der Waals surface area (Å²) in [5.41, 5.74) is 0.393.